The summed E-state index contributed by atoms with van der Waals surface area (Å²) < 4.78 is 28.4. The number of anilines is 1. The number of nitrogens with zero attached hydrogens (tertiary/aromatic N) is 1. The molecule has 1 heterocycles. The zero-order valence-corrected chi connectivity index (χ0v) is 14.7. The van der Waals surface area contributed by atoms with E-state index < -0.39 is 22.8 Å². The van der Waals surface area contributed by atoms with E-state index in [1.165, 1.54) is 23.1 Å². The van der Waals surface area contributed by atoms with E-state index in [9.17, 15) is 13.6 Å². The van der Waals surface area contributed by atoms with E-state index in [1.807, 2.05) is 6.07 Å². The molecule has 8 heteroatoms. The highest BCUT2D eigenvalue weighted by molar-refractivity contribution is 8.02. The number of benzene rings is 2. The molecule has 1 aromatic heterocycles. The Bertz CT molecular complexity index is 916. The predicted molar refractivity (Wildman–Crippen MR) is 94.9 cm³/mol. The van der Waals surface area contributed by atoms with Crippen LogP contribution < -0.4 is 5.32 Å². The number of carbonyl (C=O) groups excluding carboxylic acids is 1. The van der Waals surface area contributed by atoms with Gasteiger partial charge in [-0.15, -0.1) is 11.3 Å². The molecular weight excluding hydrogens is 374 g/mol. The molecule has 0 bridgehead atoms. The Morgan fingerprint density at radius 2 is 2.08 bits per heavy atom. The van der Waals surface area contributed by atoms with Crippen molar-refractivity contribution in [1.82, 2.24) is 4.98 Å². The number of aromatic nitrogens is 1. The first-order valence-corrected chi connectivity index (χ1v) is 8.98. The van der Waals surface area contributed by atoms with Crippen molar-refractivity contribution in [2.24, 2.45) is 0 Å². The van der Waals surface area contributed by atoms with E-state index in [0.717, 1.165) is 28.4 Å². The second-order valence-electron chi connectivity index (χ2n) is 4.97. The van der Waals surface area contributed by atoms with Crippen molar-refractivity contribution in [3.05, 3.63) is 53.1 Å². The fourth-order valence-corrected chi connectivity index (χ4v) is 4.32. The van der Waals surface area contributed by atoms with Crippen LogP contribution in [0.15, 0.2) is 40.7 Å². The van der Waals surface area contributed by atoms with E-state index in [1.54, 1.807) is 19.1 Å². The van der Waals surface area contributed by atoms with Gasteiger partial charge in [0.05, 0.1) is 21.2 Å². The van der Waals surface area contributed by atoms with Crippen LogP contribution in [0.4, 0.5) is 14.5 Å². The average Bonchev–Trinajstić information content (AvgIpc) is 2.92. The smallest absolute Gasteiger partial charge is 0.237 e. The number of hydrogen-bond acceptors (Lipinski definition) is 4. The number of fused-ring (bicyclic) bond motifs is 1. The maximum Gasteiger partial charge on any atom is 0.237 e. The fraction of sp³-hybridized carbons (Fsp3) is 0.125. The Morgan fingerprint density at radius 1 is 1.29 bits per heavy atom. The lowest BCUT2D eigenvalue weighted by atomic mass is 10.3. The van der Waals surface area contributed by atoms with Gasteiger partial charge in [0.1, 0.15) is 11.6 Å². The lowest BCUT2D eigenvalue weighted by Gasteiger charge is -2.11. The molecule has 1 N–H and O–H groups in total. The standard InChI is InChI=1S/C16H11ClF2N2OS2/c1-8(15(22)20-12-7-10(18)3-4-11(12)19)23-16-21-13-6-9(17)2-5-14(13)24-16/h2-8H,1H3,(H,20,22). The Kier molecular flexibility index (Phi) is 5.03. The highest BCUT2D eigenvalue weighted by Gasteiger charge is 2.18. The first-order chi connectivity index (χ1) is 11.4. The van der Waals surface area contributed by atoms with Gasteiger partial charge in [-0.2, -0.15) is 0 Å². The van der Waals surface area contributed by atoms with E-state index in [0.29, 0.717) is 9.36 Å². The zero-order chi connectivity index (χ0) is 17.3. The number of thioether (sulfide) groups is 1. The lowest BCUT2D eigenvalue weighted by Crippen LogP contribution is -2.23. The summed E-state index contributed by atoms with van der Waals surface area (Å²) in [6.45, 7) is 1.68. The van der Waals surface area contributed by atoms with E-state index >= 15 is 0 Å². The fourth-order valence-electron chi connectivity index (χ4n) is 1.96. The van der Waals surface area contributed by atoms with Crippen molar-refractivity contribution < 1.29 is 13.6 Å². The van der Waals surface area contributed by atoms with Gasteiger partial charge in [0.2, 0.25) is 5.91 Å². The van der Waals surface area contributed by atoms with Crippen LogP contribution in [0.2, 0.25) is 5.02 Å². The Morgan fingerprint density at radius 3 is 2.88 bits per heavy atom. The minimum absolute atomic E-state index is 0.177. The molecule has 3 rings (SSSR count). The lowest BCUT2D eigenvalue weighted by molar-refractivity contribution is -0.115. The van der Waals surface area contributed by atoms with Crippen molar-refractivity contribution in [2.75, 3.05) is 5.32 Å². The van der Waals surface area contributed by atoms with Crippen LogP contribution >= 0.6 is 34.7 Å². The van der Waals surface area contributed by atoms with Gasteiger partial charge >= 0.3 is 0 Å². The van der Waals surface area contributed by atoms with E-state index in [-0.39, 0.29) is 5.69 Å². The third kappa shape index (κ3) is 3.85. The van der Waals surface area contributed by atoms with Crippen LogP contribution in [0.3, 0.4) is 0 Å². The minimum atomic E-state index is -0.684. The summed E-state index contributed by atoms with van der Waals surface area (Å²) in [5.41, 5.74) is 0.585. The number of carbonyl (C=O) groups is 1. The topological polar surface area (TPSA) is 42.0 Å². The molecule has 3 nitrogen and oxygen atoms in total. The molecule has 0 aliphatic carbocycles. The van der Waals surface area contributed by atoms with Crippen LogP contribution in [0.5, 0.6) is 0 Å². The van der Waals surface area contributed by atoms with Gasteiger partial charge in [-0.25, -0.2) is 13.8 Å². The van der Waals surface area contributed by atoms with Crippen molar-refractivity contribution in [2.45, 2.75) is 16.5 Å². The molecule has 24 heavy (non-hydrogen) atoms. The first-order valence-electron chi connectivity index (χ1n) is 6.91. The molecule has 3 aromatic rings. The van der Waals surface area contributed by atoms with Gasteiger partial charge in [0, 0.05) is 11.1 Å². The maximum absolute atomic E-state index is 13.6. The highest BCUT2D eigenvalue weighted by atomic mass is 35.5. The van der Waals surface area contributed by atoms with Gasteiger partial charge in [-0.3, -0.25) is 4.79 Å². The van der Waals surface area contributed by atoms with E-state index in [4.69, 9.17) is 11.6 Å². The molecule has 1 unspecified atom stereocenters. The molecule has 0 saturated carbocycles. The van der Waals surface area contributed by atoms with Crippen molar-refractivity contribution >= 4 is 56.5 Å². The number of rotatable bonds is 4. The second-order valence-corrected chi connectivity index (χ2v) is 8.02. The summed E-state index contributed by atoms with van der Waals surface area (Å²) in [5, 5.41) is 2.46. The summed E-state index contributed by atoms with van der Waals surface area (Å²) in [6, 6.07) is 8.32. The second kappa shape index (κ2) is 7.04. The van der Waals surface area contributed by atoms with Gasteiger partial charge < -0.3 is 5.32 Å². The van der Waals surface area contributed by atoms with Gasteiger partial charge in [0.15, 0.2) is 4.34 Å². The third-order valence-electron chi connectivity index (χ3n) is 3.16. The molecule has 0 fully saturated rings. The first kappa shape index (κ1) is 17.1. The number of hydrogen-bond donors (Lipinski definition) is 1. The van der Waals surface area contributed by atoms with Crippen molar-refractivity contribution in [3.63, 3.8) is 0 Å². The quantitative estimate of drug-likeness (QED) is 0.617. The molecule has 124 valence electrons. The molecule has 1 amide bonds. The summed E-state index contributed by atoms with van der Waals surface area (Å²) in [5.74, 6) is -1.73. The highest BCUT2D eigenvalue weighted by Crippen LogP contribution is 2.33. The van der Waals surface area contributed by atoms with Crippen LogP contribution in [0.1, 0.15) is 6.92 Å². The molecule has 0 spiro atoms. The van der Waals surface area contributed by atoms with Gasteiger partial charge in [-0.1, -0.05) is 23.4 Å². The summed E-state index contributed by atoms with van der Waals surface area (Å²) in [7, 11) is 0. The number of halogens is 3. The zero-order valence-electron chi connectivity index (χ0n) is 12.3. The number of nitrogens with one attached hydrogen (secondary N) is 1. The normalized spacial score (nSPS) is 12.3. The monoisotopic (exact) mass is 384 g/mol. The Labute approximate surface area is 150 Å². The molecular formula is C16H11ClF2N2OS2. The minimum Gasteiger partial charge on any atom is -0.323 e. The van der Waals surface area contributed by atoms with Gasteiger partial charge in [-0.05, 0) is 37.3 Å². The molecule has 0 saturated heterocycles. The van der Waals surface area contributed by atoms with Crippen molar-refractivity contribution in [1.29, 1.82) is 0 Å². The molecule has 0 radical (unpaired) electrons. The molecule has 1 atom stereocenters. The maximum atomic E-state index is 13.6. The molecule has 0 aliphatic heterocycles. The summed E-state index contributed by atoms with van der Waals surface area (Å²) in [6.07, 6.45) is 0. The summed E-state index contributed by atoms with van der Waals surface area (Å²) in [4.78, 5) is 16.6. The van der Waals surface area contributed by atoms with Crippen molar-refractivity contribution in [3.8, 4) is 0 Å². The van der Waals surface area contributed by atoms with Crippen LogP contribution in [0.25, 0.3) is 10.2 Å². The SMILES string of the molecule is CC(Sc1nc2cc(Cl)ccc2s1)C(=O)Nc1cc(F)ccc1F. The number of thiazole rings is 1. The largest absolute Gasteiger partial charge is 0.323 e. The molecule has 0 aliphatic rings. The van der Waals surface area contributed by atoms with Crippen LogP contribution in [0, 0.1) is 11.6 Å². The molecule has 2 aromatic carbocycles. The third-order valence-corrected chi connectivity index (χ3v) is 5.63. The Hall–Kier alpha value is -1.70. The Balaban J connectivity index is 1.72. The predicted octanol–water partition coefficient (Wildman–Crippen LogP) is 5.35. The van der Waals surface area contributed by atoms with Gasteiger partial charge in [0.25, 0.3) is 0 Å². The van der Waals surface area contributed by atoms with Crippen LogP contribution in [-0.4, -0.2) is 16.1 Å². The summed E-state index contributed by atoms with van der Waals surface area (Å²) >= 11 is 8.62. The average molecular weight is 385 g/mol. The van der Waals surface area contributed by atoms with E-state index in [2.05, 4.69) is 10.3 Å². The number of amides is 1. The van der Waals surface area contributed by atoms with Crippen LogP contribution in [-0.2, 0) is 4.79 Å².